The van der Waals surface area contributed by atoms with Gasteiger partial charge in [-0.2, -0.15) is 0 Å². The molecule has 2 aromatic rings. The van der Waals surface area contributed by atoms with Crippen molar-refractivity contribution in [1.29, 1.82) is 0 Å². The van der Waals surface area contributed by atoms with Gasteiger partial charge in [-0.05, 0) is 88.7 Å². The molecule has 0 spiro atoms. The van der Waals surface area contributed by atoms with Crippen LogP contribution in [0, 0.1) is 0 Å². The molecule has 0 bridgehead atoms. The van der Waals surface area contributed by atoms with Gasteiger partial charge in [0.15, 0.2) is 0 Å². The third-order valence-electron chi connectivity index (χ3n) is 5.25. The smallest absolute Gasteiger partial charge is 0.870 e. The molecule has 0 fully saturated rings. The maximum absolute atomic E-state index is 11.3. The summed E-state index contributed by atoms with van der Waals surface area (Å²) < 4.78 is 56.3. The topological polar surface area (TPSA) is 127 Å². The van der Waals surface area contributed by atoms with E-state index in [0.717, 1.165) is 33.4 Å². The van der Waals surface area contributed by atoms with Gasteiger partial charge in [-0.25, -0.2) is 8.42 Å². The molecule has 140 valence electrons. The van der Waals surface area contributed by atoms with Crippen molar-refractivity contribution in [2.45, 2.75) is 42.2 Å². The molecule has 6 nitrogen and oxygen atoms in total. The largest absolute Gasteiger partial charge is 1.00 e. The number of aryl methyl sites for hydroxylation is 1. The SMILES string of the molecule is O=S([O-])c1ccc2c(c1)Cc1cc3c(cc1C2)CC(S(=O)(=O)[O-])CC3.[Li+].[Li+].[OH-]. The molecule has 28 heavy (non-hydrogen) atoms. The van der Waals surface area contributed by atoms with Crippen LogP contribution in [0.4, 0.5) is 0 Å². The summed E-state index contributed by atoms with van der Waals surface area (Å²) in [6, 6.07) is 9.30. The van der Waals surface area contributed by atoms with Crippen LogP contribution in [-0.2, 0) is 46.9 Å². The molecule has 2 atom stereocenters. The molecule has 0 saturated heterocycles. The standard InChI is InChI=1S/C18H18O5S2.2Li.H2O/c19-24(20)17-3-1-11-5-14-8-16-10-18(25(21,22)23)4-2-12(16)6-13(14)7-15(11)9-17;;;/h1,3,6,8-9,18H,2,4-5,7,10H2,(H,19,20)(H,21,22,23);;;1H2/q;2*+1;/p-3. The van der Waals surface area contributed by atoms with Crippen molar-refractivity contribution in [2.24, 2.45) is 0 Å². The fourth-order valence-electron chi connectivity index (χ4n) is 3.91. The zero-order valence-electron chi connectivity index (χ0n) is 15.8. The van der Waals surface area contributed by atoms with Gasteiger partial charge in [-0.15, -0.1) is 0 Å². The quantitative estimate of drug-likeness (QED) is 0.240. The van der Waals surface area contributed by atoms with Gasteiger partial charge in [0.1, 0.15) is 0 Å². The van der Waals surface area contributed by atoms with Crippen LogP contribution in [0.1, 0.15) is 39.8 Å². The van der Waals surface area contributed by atoms with Crippen molar-refractivity contribution in [2.75, 3.05) is 0 Å². The summed E-state index contributed by atoms with van der Waals surface area (Å²) in [6.45, 7) is 0. The second-order valence-electron chi connectivity index (χ2n) is 6.77. The Balaban J connectivity index is 0.00000131. The third kappa shape index (κ3) is 5.02. The number of rotatable bonds is 2. The average molecular weight is 407 g/mol. The van der Waals surface area contributed by atoms with Gasteiger partial charge < -0.3 is 14.6 Å². The van der Waals surface area contributed by atoms with E-state index in [9.17, 15) is 21.7 Å². The predicted octanol–water partition coefficient (Wildman–Crippen LogP) is -4.35. The molecule has 10 heteroatoms. The first-order valence-corrected chi connectivity index (χ1v) is 10.7. The van der Waals surface area contributed by atoms with Gasteiger partial charge in [-0.1, -0.05) is 18.2 Å². The summed E-state index contributed by atoms with van der Waals surface area (Å²) in [4.78, 5) is 0.295. The number of fused-ring (bicyclic) bond motifs is 3. The molecule has 4 rings (SSSR count). The summed E-state index contributed by atoms with van der Waals surface area (Å²) in [7, 11) is -4.26. The van der Waals surface area contributed by atoms with Gasteiger partial charge in [0.05, 0.1) is 15.4 Å². The molecule has 2 aromatic carbocycles. The minimum absolute atomic E-state index is 0. The van der Waals surface area contributed by atoms with Crippen LogP contribution >= 0.6 is 0 Å². The van der Waals surface area contributed by atoms with Crippen LogP contribution in [-0.4, -0.2) is 32.5 Å². The Morgan fingerprint density at radius 3 is 2.07 bits per heavy atom. The van der Waals surface area contributed by atoms with E-state index in [-0.39, 0.29) is 49.6 Å². The molecule has 0 radical (unpaired) electrons. The molecule has 2 aliphatic carbocycles. The Labute approximate surface area is 191 Å². The van der Waals surface area contributed by atoms with Crippen LogP contribution in [0.15, 0.2) is 35.2 Å². The first-order chi connectivity index (χ1) is 11.8. The zero-order valence-corrected chi connectivity index (χ0v) is 17.4. The minimum atomic E-state index is -4.26. The van der Waals surface area contributed by atoms with Crippen molar-refractivity contribution >= 4 is 21.2 Å². The van der Waals surface area contributed by atoms with Crippen LogP contribution in [0.2, 0.25) is 0 Å². The van der Waals surface area contributed by atoms with E-state index < -0.39 is 26.4 Å². The van der Waals surface area contributed by atoms with E-state index in [0.29, 0.717) is 30.6 Å². The maximum atomic E-state index is 11.3. The van der Waals surface area contributed by atoms with Crippen LogP contribution in [0.25, 0.3) is 0 Å². The Morgan fingerprint density at radius 1 is 0.893 bits per heavy atom. The number of benzene rings is 2. The first-order valence-electron chi connectivity index (χ1n) is 8.10. The van der Waals surface area contributed by atoms with Gasteiger partial charge >= 0.3 is 37.7 Å². The Kier molecular flexibility index (Phi) is 8.81. The normalized spacial score (nSPS) is 18.1. The van der Waals surface area contributed by atoms with Gasteiger partial charge in [-0.3, -0.25) is 4.21 Å². The van der Waals surface area contributed by atoms with Crippen molar-refractivity contribution in [3.05, 3.63) is 63.7 Å². The van der Waals surface area contributed by atoms with Crippen molar-refractivity contribution < 1.29 is 64.9 Å². The molecule has 0 aliphatic heterocycles. The van der Waals surface area contributed by atoms with E-state index in [1.807, 2.05) is 12.1 Å². The van der Waals surface area contributed by atoms with E-state index in [1.165, 1.54) is 0 Å². The molecule has 2 aliphatic rings. The van der Waals surface area contributed by atoms with E-state index in [4.69, 9.17) is 0 Å². The number of hydrogen-bond acceptors (Lipinski definition) is 6. The Bertz CT molecular complexity index is 1010. The molecule has 0 saturated carbocycles. The number of hydrogen-bond donors (Lipinski definition) is 0. The molecule has 1 N–H and O–H groups in total. The minimum Gasteiger partial charge on any atom is -0.870 e. The zero-order chi connectivity index (χ0) is 17.8. The van der Waals surface area contributed by atoms with E-state index in [2.05, 4.69) is 6.07 Å². The molecule has 0 heterocycles. The maximum Gasteiger partial charge on any atom is 1.00 e. The predicted molar refractivity (Wildman–Crippen MR) is 93.1 cm³/mol. The second kappa shape index (κ2) is 9.62. The molecule has 2 unspecified atom stereocenters. The fourth-order valence-corrected chi connectivity index (χ4v) is 5.11. The molecular weight excluding hydrogens is 390 g/mol. The van der Waals surface area contributed by atoms with Gasteiger partial charge in [0, 0.05) is 4.90 Å². The van der Waals surface area contributed by atoms with E-state index >= 15 is 0 Å². The summed E-state index contributed by atoms with van der Waals surface area (Å²) in [6.07, 6.45) is 2.61. The summed E-state index contributed by atoms with van der Waals surface area (Å²) in [5.74, 6) is 0. The van der Waals surface area contributed by atoms with Crippen molar-refractivity contribution in [3.63, 3.8) is 0 Å². The summed E-state index contributed by atoms with van der Waals surface area (Å²) in [5.41, 5.74) is 6.45. The second-order valence-corrected chi connectivity index (χ2v) is 9.36. The van der Waals surface area contributed by atoms with Crippen LogP contribution in [0.3, 0.4) is 0 Å². The first kappa shape index (κ1) is 25.7. The summed E-state index contributed by atoms with van der Waals surface area (Å²) in [5, 5.41) is -0.830. The molecule has 0 aromatic heterocycles. The van der Waals surface area contributed by atoms with Crippen molar-refractivity contribution in [3.8, 4) is 0 Å². The fraction of sp³-hybridized carbons (Fsp3) is 0.333. The molecular formula is C18H17Li2O6S2-. The van der Waals surface area contributed by atoms with Gasteiger partial charge in [0.25, 0.3) is 0 Å². The third-order valence-corrected chi connectivity index (χ3v) is 7.10. The Morgan fingerprint density at radius 2 is 1.46 bits per heavy atom. The Hall–Kier alpha value is -0.385. The monoisotopic (exact) mass is 407 g/mol. The van der Waals surface area contributed by atoms with Gasteiger partial charge in [0.2, 0.25) is 0 Å². The van der Waals surface area contributed by atoms with E-state index in [1.54, 1.807) is 12.1 Å². The van der Waals surface area contributed by atoms with Crippen molar-refractivity contribution in [1.82, 2.24) is 0 Å². The molecule has 0 amide bonds. The van der Waals surface area contributed by atoms with Crippen LogP contribution < -0.4 is 37.7 Å². The summed E-state index contributed by atoms with van der Waals surface area (Å²) >= 11 is -2.24. The van der Waals surface area contributed by atoms with Crippen LogP contribution in [0.5, 0.6) is 0 Å². The average Bonchev–Trinajstić information content (AvgIpc) is 2.56.